The van der Waals surface area contributed by atoms with Crippen molar-refractivity contribution in [2.24, 2.45) is 0 Å². The van der Waals surface area contributed by atoms with E-state index in [1.54, 1.807) is 19.1 Å². The van der Waals surface area contributed by atoms with Crippen LogP contribution in [0, 0.1) is 0 Å². The maximum absolute atomic E-state index is 12.0. The minimum absolute atomic E-state index is 0. The molecule has 122 valence electrons. The van der Waals surface area contributed by atoms with Gasteiger partial charge in [0.1, 0.15) is 4.99 Å². The molecule has 0 atom stereocenters. The van der Waals surface area contributed by atoms with Crippen molar-refractivity contribution in [1.29, 1.82) is 0 Å². The summed E-state index contributed by atoms with van der Waals surface area (Å²) in [6.45, 7) is 1.81. The smallest absolute Gasteiger partial charge is 0.344 e. The molecular formula is C17H19N3NiOS+2. The fraction of sp³-hybridized carbons (Fsp3) is 0.0588. The third-order valence-electron chi connectivity index (χ3n) is 2.82. The van der Waals surface area contributed by atoms with E-state index in [1.165, 1.54) is 6.08 Å². The van der Waals surface area contributed by atoms with Crippen LogP contribution in [0.2, 0.25) is 0 Å². The van der Waals surface area contributed by atoms with Gasteiger partial charge in [0.2, 0.25) is 0 Å². The molecule has 0 amide bonds. The summed E-state index contributed by atoms with van der Waals surface area (Å²) >= 11 is 5.26. The third kappa shape index (κ3) is 6.74. The summed E-state index contributed by atoms with van der Waals surface area (Å²) in [6, 6.07) is 18.8. The molecule has 0 aliphatic heterocycles. The van der Waals surface area contributed by atoms with Crippen molar-refractivity contribution in [1.82, 2.24) is 17.0 Å². The number of rotatable bonds is 5. The van der Waals surface area contributed by atoms with Gasteiger partial charge in [0.15, 0.2) is 5.78 Å². The van der Waals surface area contributed by atoms with Gasteiger partial charge in [-0.2, -0.15) is 0 Å². The zero-order valence-corrected chi connectivity index (χ0v) is 14.5. The molecule has 23 heavy (non-hydrogen) atoms. The van der Waals surface area contributed by atoms with Gasteiger partial charge < -0.3 is 11.6 Å². The summed E-state index contributed by atoms with van der Waals surface area (Å²) in [4.78, 5) is 12.6. The summed E-state index contributed by atoms with van der Waals surface area (Å²) in [7, 11) is 0. The first-order valence-corrected chi connectivity index (χ1v) is 6.97. The number of thiocarbonyl (C=S) groups is 1. The van der Waals surface area contributed by atoms with E-state index in [2.05, 4.69) is 10.9 Å². The van der Waals surface area contributed by atoms with Gasteiger partial charge in [-0.3, -0.25) is 10.2 Å². The first-order valence-electron chi connectivity index (χ1n) is 6.56. The van der Waals surface area contributed by atoms with Gasteiger partial charge in [0.25, 0.3) is 0 Å². The molecule has 2 rings (SSSR count). The molecule has 6 heteroatoms. The SMILES string of the molecule is C/C(=C/C(=O)c1ccccc1)NNC(=S)c1ccccc1.N.[Ni+2]. The molecule has 0 spiro atoms. The molecule has 0 aliphatic rings. The van der Waals surface area contributed by atoms with Crippen LogP contribution in [0.3, 0.4) is 0 Å². The Kier molecular flexibility index (Phi) is 9.74. The second kappa shape index (κ2) is 10.7. The van der Waals surface area contributed by atoms with Gasteiger partial charge in [0.05, 0.1) is 0 Å². The molecule has 0 fully saturated rings. The Hall–Kier alpha value is -2.01. The first-order chi connectivity index (χ1) is 10.2. The van der Waals surface area contributed by atoms with Crippen LogP contribution in [0.4, 0.5) is 0 Å². The van der Waals surface area contributed by atoms with E-state index in [4.69, 9.17) is 12.2 Å². The van der Waals surface area contributed by atoms with Crippen LogP contribution in [0.25, 0.3) is 0 Å². The molecule has 2 aromatic rings. The van der Waals surface area contributed by atoms with Gasteiger partial charge in [-0.25, -0.2) is 0 Å². The average molecular weight is 372 g/mol. The van der Waals surface area contributed by atoms with Gasteiger partial charge >= 0.3 is 16.5 Å². The molecule has 0 aliphatic carbocycles. The number of hydrogen-bond donors (Lipinski definition) is 3. The predicted octanol–water partition coefficient (Wildman–Crippen LogP) is 3.40. The normalized spacial score (nSPS) is 9.87. The Morgan fingerprint density at radius 1 is 0.913 bits per heavy atom. The fourth-order valence-corrected chi connectivity index (χ4v) is 1.92. The van der Waals surface area contributed by atoms with Crippen molar-refractivity contribution < 1.29 is 21.3 Å². The number of allylic oxidation sites excluding steroid dienone is 2. The van der Waals surface area contributed by atoms with Crippen LogP contribution in [0.15, 0.2) is 72.4 Å². The quantitative estimate of drug-likeness (QED) is 0.247. The van der Waals surface area contributed by atoms with E-state index in [0.717, 1.165) is 5.56 Å². The fourth-order valence-electron chi connectivity index (χ4n) is 1.74. The first kappa shape index (κ1) is 21.0. The molecule has 0 saturated carbocycles. The standard InChI is InChI=1S/C17H16N2OS.H3N.Ni/c1-13(12-16(20)14-8-4-2-5-9-14)18-19-17(21)15-10-6-3-7-11-15;;/h2-12,18H,1H3,(H,19,21);1H3;/q;;+2/b13-12-;;. The molecule has 0 unspecified atom stereocenters. The van der Waals surface area contributed by atoms with Crippen molar-refractivity contribution in [3.8, 4) is 0 Å². The van der Waals surface area contributed by atoms with E-state index >= 15 is 0 Å². The average Bonchev–Trinajstić information content (AvgIpc) is 2.54. The Bertz CT molecular complexity index is 660. The van der Waals surface area contributed by atoms with E-state index in [9.17, 15) is 4.79 Å². The van der Waals surface area contributed by atoms with Crippen LogP contribution in [0.1, 0.15) is 22.8 Å². The topological polar surface area (TPSA) is 76.1 Å². The van der Waals surface area contributed by atoms with Crippen LogP contribution in [-0.4, -0.2) is 10.8 Å². The maximum Gasteiger partial charge on any atom is 2.00 e. The monoisotopic (exact) mass is 371 g/mol. The van der Waals surface area contributed by atoms with Crippen LogP contribution < -0.4 is 17.0 Å². The minimum Gasteiger partial charge on any atom is -0.344 e. The maximum atomic E-state index is 12.0. The number of carbonyl (C=O) groups excluding carboxylic acids is 1. The largest absolute Gasteiger partial charge is 2.00 e. The van der Waals surface area contributed by atoms with Gasteiger partial charge in [-0.05, 0) is 6.92 Å². The van der Waals surface area contributed by atoms with Crippen molar-refractivity contribution >= 4 is 23.0 Å². The van der Waals surface area contributed by atoms with Gasteiger partial charge in [0, 0.05) is 22.9 Å². The molecule has 0 saturated heterocycles. The van der Waals surface area contributed by atoms with Crippen molar-refractivity contribution in [2.45, 2.75) is 6.92 Å². The molecule has 0 radical (unpaired) electrons. The van der Waals surface area contributed by atoms with Gasteiger partial charge in [-0.15, -0.1) is 0 Å². The number of carbonyl (C=O) groups is 1. The van der Waals surface area contributed by atoms with E-state index in [0.29, 0.717) is 16.2 Å². The summed E-state index contributed by atoms with van der Waals surface area (Å²) in [5.41, 5.74) is 8.12. The van der Waals surface area contributed by atoms with E-state index in [1.807, 2.05) is 48.5 Å². The molecule has 4 nitrogen and oxygen atoms in total. The predicted molar refractivity (Wildman–Crippen MR) is 94.0 cm³/mol. The zero-order valence-electron chi connectivity index (χ0n) is 12.7. The number of hydrazine groups is 1. The second-order valence-electron chi connectivity index (χ2n) is 4.50. The molecule has 0 bridgehead atoms. The Labute approximate surface area is 151 Å². The minimum atomic E-state index is -0.0481. The molecule has 5 N–H and O–H groups in total. The number of ketones is 1. The molecule has 0 aromatic heterocycles. The van der Waals surface area contributed by atoms with Crippen molar-refractivity contribution in [3.05, 3.63) is 83.6 Å². The zero-order chi connectivity index (χ0) is 15.1. The van der Waals surface area contributed by atoms with Crippen molar-refractivity contribution in [3.63, 3.8) is 0 Å². The van der Waals surface area contributed by atoms with E-state index < -0.39 is 0 Å². The number of nitrogens with one attached hydrogen (secondary N) is 2. The van der Waals surface area contributed by atoms with Crippen LogP contribution in [-0.2, 0) is 16.5 Å². The van der Waals surface area contributed by atoms with Crippen LogP contribution in [0.5, 0.6) is 0 Å². The van der Waals surface area contributed by atoms with Crippen molar-refractivity contribution in [2.75, 3.05) is 0 Å². The Morgan fingerprint density at radius 2 is 1.39 bits per heavy atom. The van der Waals surface area contributed by atoms with E-state index in [-0.39, 0.29) is 28.4 Å². The Balaban J connectivity index is 0.00000242. The number of hydrogen-bond acceptors (Lipinski definition) is 4. The summed E-state index contributed by atoms with van der Waals surface area (Å²) in [5.74, 6) is -0.0481. The molecule has 0 heterocycles. The summed E-state index contributed by atoms with van der Waals surface area (Å²) < 4.78 is 0. The Morgan fingerprint density at radius 3 is 1.91 bits per heavy atom. The summed E-state index contributed by atoms with van der Waals surface area (Å²) in [6.07, 6.45) is 1.54. The third-order valence-corrected chi connectivity index (χ3v) is 3.15. The summed E-state index contributed by atoms with van der Waals surface area (Å²) in [5, 5.41) is 0. The molecule has 2 aromatic carbocycles. The number of benzene rings is 2. The molecular weight excluding hydrogens is 353 g/mol. The van der Waals surface area contributed by atoms with Gasteiger partial charge in [-0.1, -0.05) is 72.9 Å². The van der Waals surface area contributed by atoms with Crippen LogP contribution >= 0.6 is 12.2 Å². The second-order valence-corrected chi connectivity index (χ2v) is 4.91.